The second-order valence-corrected chi connectivity index (χ2v) is 7.45. The third-order valence-electron chi connectivity index (χ3n) is 4.07. The van der Waals surface area contributed by atoms with Crippen LogP contribution >= 0.6 is 0 Å². The summed E-state index contributed by atoms with van der Waals surface area (Å²) in [5.74, 6) is 0.652. The van der Waals surface area contributed by atoms with E-state index in [0.29, 0.717) is 19.0 Å². The number of urea groups is 1. The van der Waals surface area contributed by atoms with E-state index in [-0.39, 0.29) is 0 Å². The highest BCUT2D eigenvalue weighted by molar-refractivity contribution is 7.93. The van der Waals surface area contributed by atoms with Gasteiger partial charge < -0.3 is 4.90 Å². The lowest BCUT2D eigenvalue weighted by atomic mass is 9.93. The van der Waals surface area contributed by atoms with Crippen LogP contribution in [0.5, 0.6) is 0 Å². The van der Waals surface area contributed by atoms with Crippen LogP contribution in [0.25, 0.3) is 6.08 Å². The van der Waals surface area contributed by atoms with Crippen LogP contribution in [0.2, 0.25) is 0 Å². The van der Waals surface area contributed by atoms with E-state index < -0.39 is 16.1 Å². The average molecular weight is 336 g/mol. The Kier molecular flexibility index (Phi) is 6.21. The van der Waals surface area contributed by atoms with Gasteiger partial charge >= 0.3 is 6.03 Å². The highest BCUT2D eigenvalue weighted by Crippen LogP contribution is 2.21. The summed E-state index contributed by atoms with van der Waals surface area (Å²) in [6.45, 7) is 3.40. The predicted octanol–water partition coefficient (Wildman–Crippen LogP) is 3.21. The average Bonchev–Trinajstić information content (AvgIpc) is 2.55. The molecule has 1 aromatic rings. The molecule has 0 atom stereocenters. The molecule has 126 valence electrons. The third-order valence-corrected chi connectivity index (χ3v) is 5.02. The molecular formula is C17H24N2O3S. The molecule has 2 amide bonds. The second kappa shape index (κ2) is 8.15. The van der Waals surface area contributed by atoms with Gasteiger partial charge in [0.15, 0.2) is 0 Å². The number of hydrogen-bond donors (Lipinski definition) is 1. The molecule has 1 N–H and O–H groups in total. The van der Waals surface area contributed by atoms with E-state index in [2.05, 4.69) is 11.6 Å². The highest BCUT2D eigenvalue weighted by atomic mass is 32.2. The van der Waals surface area contributed by atoms with Gasteiger partial charge in [-0.3, -0.25) is 0 Å². The fourth-order valence-corrected chi connectivity index (χ4v) is 3.56. The summed E-state index contributed by atoms with van der Waals surface area (Å²) in [5, 5.41) is 1.03. The van der Waals surface area contributed by atoms with E-state index in [1.54, 1.807) is 17.0 Å². The molecule has 0 spiro atoms. The van der Waals surface area contributed by atoms with Crippen molar-refractivity contribution in [1.29, 1.82) is 0 Å². The first-order valence-corrected chi connectivity index (χ1v) is 9.59. The summed E-state index contributed by atoms with van der Waals surface area (Å²) in [4.78, 5) is 13.7. The van der Waals surface area contributed by atoms with Crippen LogP contribution in [0.4, 0.5) is 4.79 Å². The monoisotopic (exact) mass is 336 g/mol. The lowest BCUT2D eigenvalue weighted by Gasteiger charge is -2.31. The minimum atomic E-state index is -3.77. The van der Waals surface area contributed by atoms with E-state index in [4.69, 9.17) is 0 Å². The Morgan fingerprint density at radius 2 is 1.91 bits per heavy atom. The summed E-state index contributed by atoms with van der Waals surface area (Å²) >= 11 is 0. The third kappa shape index (κ3) is 5.71. The number of likely N-dealkylation sites (tertiary alicyclic amines) is 1. The van der Waals surface area contributed by atoms with Crippen molar-refractivity contribution in [2.24, 2.45) is 5.92 Å². The molecule has 2 rings (SSSR count). The Labute approximate surface area is 138 Å². The van der Waals surface area contributed by atoms with Gasteiger partial charge in [0.2, 0.25) is 0 Å². The molecule has 0 saturated carbocycles. The summed E-state index contributed by atoms with van der Waals surface area (Å²) in [7, 11) is -3.77. The van der Waals surface area contributed by atoms with Gasteiger partial charge in [-0.05, 0) is 30.4 Å². The number of nitrogens with zero attached hydrogens (tertiary/aromatic N) is 1. The number of rotatable bonds is 5. The van der Waals surface area contributed by atoms with Crippen molar-refractivity contribution in [3.05, 3.63) is 41.3 Å². The van der Waals surface area contributed by atoms with Gasteiger partial charge in [0.25, 0.3) is 10.0 Å². The van der Waals surface area contributed by atoms with Gasteiger partial charge in [0.05, 0.1) is 5.41 Å². The van der Waals surface area contributed by atoms with Crippen molar-refractivity contribution in [2.75, 3.05) is 13.1 Å². The van der Waals surface area contributed by atoms with Gasteiger partial charge in [-0.1, -0.05) is 50.1 Å². The van der Waals surface area contributed by atoms with Crippen LogP contribution in [0.15, 0.2) is 35.7 Å². The zero-order chi connectivity index (χ0) is 16.7. The highest BCUT2D eigenvalue weighted by Gasteiger charge is 2.24. The van der Waals surface area contributed by atoms with Crippen molar-refractivity contribution >= 4 is 22.1 Å². The van der Waals surface area contributed by atoms with E-state index in [9.17, 15) is 13.2 Å². The molecule has 1 aliphatic rings. The standard InChI is InChI=1S/C17H24N2O3S/c1-2-6-15-9-12-19(13-10-15)17(20)18-23(21,22)14-11-16-7-4-3-5-8-16/h3-5,7-8,11,14-15H,2,6,9-10,12-13H2,1H3,(H,18,20). The topological polar surface area (TPSA) is 66.5 Å². The molecule has 0 aromatic heterocycles. The first-order valence-electron chi connectivity index (χ1n) is 8.05. The Morgan fingerprint density at radius 3 is 2.52 bits per heavy atom. The molecule has 0 aliphatic carbocycles. The first-order chi connectivity index (χ1) is 11.0. The maximum Gasteiger partial charge on any atom is 0.331 e. The summed E-state index contributed by atoms with van der Waals surface area (Å²) in [6.07, 6.45) is 5.69. The molecule has 1 aliphatic heterocycles. The summed E-state index contributed by atoms with van der Waals surface area (Å²) in [6, 6.07) is 8.57. The number of piperidine rings is 1. The zero-order valence-electron chi connectivity index (χ0n) is 13.4. The number of carbonyl (C=O) groups is 1. The molecule has 6 heteroatoms. The molecular weight excluding hydrogens is 312 g/mol. The number of benzene rings is 1. The molecule has 0 bridgehead atoms. The number of sulfonamides is 1. The van der Waals surface area contributed by atoms with Crippen LogP contribution in [0.3, 0.4) is 0 Å². The molecule has 1 fully saturated rings. The maximum atomic E-state index is 12.1. The van der Waals surface area contributed by atoms with Crippen molar-refractivity contribution in [3.8, 4) is 0 Å². The normalized spacial score (nSPS) is 16.7. The van der Waals surface area contributed by atoms with Crippen molar-refractivity contribution in [3.63, 3.8) is 0 Å². The lowest BCUT2D eigenvalue weighted by molar-refractivity contribution is 0.173. The van der Waals surface area contributed by atoms with Gasteiger partial charge in [0, 0.05) is 13.1 Å². The van der Waals surface area contributed by atoms with Gasteiger partial charge in [-0.15, -0.1) is 0 Å². The van der Waals surface area contributed by atoms with E-state index in [1.165, 1.54) is 12.5 Å². The smallest absolute Gasteiger partial charge is 0.324 e. The Bertz CT molecular complexity index is 633. The first kappa shape index (κ1) is 17.5. The molecule has 5 nitrogen and oxygen atoms in total. The Balaban J connectivity index is 1.88. The molecule has 0 radical (unpaired) electrons. The van der Waals surface area contributed by atoms with E-state index in [1.807, 2.05) is 18.2 Å². The molecule has 1 aromatic carbocycles. The zero-order valence-corrected chi connectivity index (χ0v) is 14.3. The minimum absolute atomic E-state index is 0.530. The number of nitrogens with one attached hydrogen (secondary N) is 1. The summed E-state index contributed by atoms with van der Waals surface area (Å²) < 4.78 is 26.1. The lowest BCUT2D eigenvalue weighted by Crippen LogP contribution is -2.45. The van der Waals surface area contributed by atoms with Crippen LogP contribution in [-0.4, -0.2) is 32.4 Å². The maximum absolute atomic E-state index is 12.1. The van der Waals surface area contributed by atoms with Crippen molar-refractivity contribution in [1.82, 2.24) is 9.62 Å². The van der Waals surface area contributed by atoms with E-state index in [0.717, 1.165) is 30.2 Å². The SMILES string of the molecule is CCCC1CCN(C(=O)NS(=O)(=O)C=Cc2ccccc2)CC1. The van der Waals surface area contributed by atoms with Crippen LogP contribution in [0.1, 0.15) is 38.2 Å². The molecule has 23 heavy (non-hydrogen) atoms. The molecule has 1 saturated heterocycles. The Hall–Kier alpha value is -1.82. The number of hydrogen-bond acceptors (Lipinski definition) is 3. The van der Waals surface area contributed by atoms with Gasteiger partial charge in [-0.25, -0.2) is 17.9 Å². The fraction of sp³-hybridized carbons (Fsp3) is 0.471. The number of amides is 2. The Morgan fingerprint density at radius 1 is 1.26 bits per heavy atom. The van der Waals surface area contributed by atoms with E-state index >= 15 is 0 Å². The van der Waals surface area contributed by atoms with Crippen LogP contribution in [-0.2, 0) is 10.0 Å². The molecule has 0 unspecified atom stereocenters. The number of carbonyl (C=O) groups excluding carboxylic acids is 1. The van der Waals surface area contributed by atoms with Gasteiger partial charge in [-0.2, -0.15) is 0 Å². The van der Waals surface area contributed by atoms with Crippen molar-refractivity contribution in [2.45, 2.75) is 32.6 Å². The quantitative estimate of drug-likeness (QED) is 0.898. The van der Waals surface area contributed by atoms with Gasteiger partial charge in [0.1, 0.15) is 0 Å². The summed E-state index contributed by atoms with van der Waals surface area (Å²) in [5.41, 5.74) is 0.769. The van der Waals surface area contributed by atoms with Crippen molar-refractivity contribution < 1.29 is 13.2 Å². The largest absolute Gasteiger partial charge is 0.331 e. The minimum Gasteiger partial charge on any atom is -0.324 e. The second-order valence-electron chi connectivity index (χ2n) is 5.88. The van der Waals surface area contributed by atoms with Crippen LogP contribution in [0, 0.1) is 5.92 Å². The fourth-order valence-electron chi connectivity index (χ4n) is 2.79. The predicted molar refractivity (Wildman–Crippen MR) is 92.1 cm³/mol. The van der Waals surface area contributed by atoms with Crippen LogP contribution < -0.4 is 4.72 Å². The molecule has 1 heterocycles.